The average Bonchev–Trinajstić information content (AvgIpc) is 2.53. The first kappa shape index (κ1) is 14.3. The van der Waals surface area contributed by atoms with E-state index in [0.717, 1.165) is 11.1 Å². The molecule has 0 unspecified atom stereocenters. The Morgan fingerprint density at radius 3 is 2.36 bits per heavy atom. The number of rotatable bonds is 2. The number of benzene rings is 2. The Kier molecular flexibility index (Phi) is 3.68. The highest BCUT2D eigenvalue weighted by Gasteiger charge is 2.18. The van der Waals surface area contributed by atoms with Gasteiger partial charge >= 0.3 is 0 Å². The van der Waals surface area contributed by atoms with Crippen LogP contribution in [0, 0.1) is 13.8 Å². The zero-order valence-electron chi connectivity index (χ0n) is 13.3. The van der Waals surface area contributed by atoms with Gasteiger partial charge in [-0.25, -0.2) is 0 Å². The van der Waals surface area contributed by atoms with Gasteiger partial charge < -0.3 is 5.73 Å². The summed E-state index contributed by atoms with van der Waals surface area (Å²) >= 11 is 0. The molecule has 0 aliphatic carbocycles. The third kappa shape index (κ3) is 2.37. The van der Waals surface area contributed by atoms with E-state index in [0.29, 0.717) is 0 Å². The summed E-state index contributed by atoms with van der Waals surface area (Å²) in [7, 11) is 2.09. The molecule has 1 heterocycles. The molecule has 1 aromatic heterocycles. The summed E-state index contributed by atoms with van der Waals surface area (Å²) in [5, 5.41) is 1.14. The molecule has 0 saturated carbocycles. The van der Waals surface area contributed by atoms with Crippen molar-refractivity contribution in [1.29, 1.82) is 0 Å². The molecule has 0 saturated heterocycles. The first-order valence-corrected chi connectivity index (χ1v) is 7.50. The van der Waals surface area contributed by atoms with Gasteiger partial charge in [0.2, 0.25) is 5.52 Å². The Labute approximate surface area is 131 Å². The highest BCUT2D eigenvalue weighted by Crippen LogP contribution is 2.27. The topological polar surface area (TPSA) is 29.9 Å². The average molecular weight is 289 g/mol. The number of nitrogens with zero attached hydrogens (tertiary/aromatic N) is 1. The number of hydrogen-bond acceptors (Lipinski definition) is 1. The van der Waals surface area contributed by atoms with Gasteiger partial charge in [0.15, 0.2) is 5.69 Å². The maximum Gasteiger partial charge on any atom is 0.214 e. The van der Waals surface area contributed by atoms with Crippen molar-refractivity contribution in [3.05, 3.63) is 70.9 Å². The standard InChI is InChI=1S/C20H20N2/c1-14-17(13-12-16-8-5-4-6-9-16)15(2)22(3)19-11-7-10-18(21)20(14)19/h4-13,21H,1-3H3/p+1. The second-order valence-corrected chi connectivity index (χ2v) is 5.67. The van der Waals surface area contributed by atoms with E-state index in [1.54, 1.807) is 0 Å². The molecule has 0 aliphatic rings. The molecule has 2 heteroatoms. The van der Waals surface area contributed by atoms with Crippen LogP contribution in [0.1, 0.15) is 22.4 Å². The van der Waals surface area contributed by atoms with Gasteiger partial charge in [-0.05, 0) is 30.2 Å². The summed E-state index contributed by atoms with van der Waals surface area (Å²) in [6.45, 7) is 4.30. The van der Waals surface area contributed by atoms with Crippen LogP contribution in [0.5, 0.6) is 0 Å². The van der Waals surface area contributed by atoms with Gasteiger partial charge in [-0.1, -0.05) is 42.5 Å². The number of fused-ring (bicyclic) bond motifs is 1. The van der Waals surface area contributed by atoms with E-state index < -0.39 is 0 Å². The van der Waals surface area contributed by atoms with Gasteiger partial charge in [0.1, 0.15) is 7.05 Å². The molecule has 0 amide bonds. The number of hydrogen-bond donors (Lipinski definition) is 1. The van der Waals surface area contributed by atoms with Gasteiger partial charge in [-0.3, -0.25) is 0 Å². The molecule has 2 aromatic carbocycles. The smallest absolute Gasteiger partial charge is 0.214 e. The highest BCUT2D eigenvalue weighted by molar-refractivity contribution is 5.94. The molecular weight excluding hydrogens is 268 g/mol. The fraction of sp³-hybridized carbons (Fsp3) is 0.150. The predicted octanol–water partition coefficient (Wildman–Crippen LogP) is 4.03. The molecule has 0 aliphatic heterocycles. The van der Waals surface area contributed by atoms with Gasteiger partial charge in [-0.2, -0.15) is 4.57 Å². The molecule has 3 rings (SSSR count). The lowest BCUT2D eigenvalue weighted by atomic mass is 9.99. The van der Waals surface area contributed by atoms with Crippen molar-refractivity contribution < 1.29 is 4.57 Å². The van der Waals surface area contributed by atoms with Crippen LogP contribution in [0.15, 0.2) is 48.5 Å². The number of aromatic nitrogens is 1. The van der Waals surface area contributed by atoms with E-state index in [1.807, 2.05) is 18.2 Å². The molecule has 22 heavy (non-hydrogen) atoms. The largest absolute Gasteiger partial charge is 0.398 e. The van der Waals surface area contributed by atoms with Crippen molar-refractivity contribution in [3.63, 3.8) is 0 Å². The lowest BCUT2D eigenvalue weighted by Crippen LogP contribution is -2.34. The maximum atomic E-state index is 6.21. The Balaban J connectivity index is 2.22. The van der Waals surface area contributed by atoms with E-state index in [4.69, 9.17) is 5.73 Å². The van der Waals surface area contributed by atoms with E-state index in [2.05, 4.69) is 67.9 Å². The van der Waals surface area contributed by atoms with Crippen molar-refractivity contribution in [2.45, 2.75) is 13.8 Å². The fourth-order valence-corrected chi connectivity index (χ4v) is 3.00. The van der Waals surface area contributed by atoms with Crippen LogP contribution >= 0.6 is 0 Å². The van der Waals surface area contributed by atoms with Crippen molar-refractivity contribution in [1.82, 2.24) is 0 Å². The molecule has 0 fully saturated rings. The van der Waals surface area contributed by atoms with Crippen LogP contribution in [0.2, 0.25) is 0 Å². The van der Waals surface area contributed by atoms with Crippen molar-refractivity contribution in [2.24, 2.45) is 7.05 Å². The highest BCUT2D eigenvalue weighted by atomic mass is 14.9. The molecule has 0 radical (unpaired) electrons. The molecule has 0 spiro atoms. The van der Waals surface area contributed by atoms with Crippen LogP contribution in [-0.4, -0.2) is 0 Å². The van der Waals surface area contributed by atoms with Crippen LogP contribution in [0.4, 0.5) is 5.69 Å². The van der Waals surface area contributed by atoms with Crippen molar-refractivity contribution in [2.75, 3.05) is 5.73 Å². The monoisotopic (exact) mass is 289 g/mol. The molecule has 0 atom stereocenters. The second kappa shape index (κ2) is 5.64. The zero-order valence-corrected chi connectivity index (χ0v) is 13.3. The zero-order chi connectivity index (χ0) is 15.7. The van der Waals surface area contributed by atoms with Crippen LogP contribution < -0.4 is 10.3 Å². The van der Waals surface area contributed by atoms with Crippen molar-refractivity contribution in [3.8, 4) is 0 Å². The van der Waals surface area contributed by atoms with Crippen LogP contribution in [-0.2, 0) is 7.05 Å². The van der Waals surface area contributed by atoms with Gasteiger partial charge in [0, 0.05) is 24.2 Å². The minimum Gasteiger partial charge on any atom is -0.398 e. The van der Waals surface area contributed by atoms with E-state index in [-0.39, 0.29) is 0 Å². The normalized spacial score (nSPS) is 11.4. The van der Waals surface area contributed by atoms with E-state index >= 15 is 0 Å². The minimum atomic E-state index is 0.833. The number of aryl methyl sites for hydroxylation is 2. The number of pyridine rings is 1. The molecule has 0 bridgehead atoms. The number of nitrogens with two attached hydrogens (primary N) is 1. The van der Waals surface area contributed by atoms with Gasteiger partial charge in [-0.15, -0.1) is 0 Å². The summed E-state index contributed by atoms with van der Waals surface area (Å²) in [6, 6.07) is 16.5. The molecular formula is C20H21N2+. The summed E-state index contributed by atoms with van der Waals surface area (Å²) in [4.78, 5) is 0. The lowest BCUT2D eigenvalue weighted by Gasteiger charge is -2.10. The molecule has 2 nitrogen and oxygen atoms in total. The Bertz CT molecular complexity index is 862. The third-order valence-corrected chi connectivity index (χ3v) is 4.35. The second-order valence-electron chi connectivity index (χ2n) is 5.67. The summed E-state index contributed by atoms with van der Waals surface area (Å²) in [5.74, 6) is 0. The lowest BCUT2D eigenvalue weighted by molar-refractivity contribution is -0.651. The Hall–Kier alpha value is -2.61. The van der Waals surface area contributed by atoms with Crippen LogP contribution in [0.25, 0.3) is 23.1 Å². The van der Waals surface area contributed by atoms with Gasteiger partial charge in [0.25, 0.3) is 0 Å². The van der Waals surface area contributed by atoms with E-state index in [1.165, 1.54) is 27.9 Å². The molecule has 2 N–H and O–H groups in total. The van der Waals surface area contributed by atoms with Crippen LogP contribution in [0.3, 0.4) is 0 Å². The molecule has 110 valence electrons. The van der Waals surface area contributed by atoms with Crippen molar-refractivity contribution >= 4 is 28.7 Å². The fourth-order valence-electron chi connectivity index (χ4n) is 3.00. The summed E-state index contributed by atoms with van der Waals surface area (Å²) in [5.41, 5.74) is 13.1. The molecule has 3 aromatic rings. The minimum absolute atomic E-state index is 0.833. The summed E-state index contributed by atoms with van der Waals surface area (Å²) in [6.07, 6.45) is 4.34. The maximum absolute atomic E-state index is 6.21. The van der Waals surface area contributed by atoms with Gasteiger partial charge in [0.05, 0.1) is 5.39 Å². The SMILES string of the molecule is Cc1c(C=Cc2ccccc2)c(C)[n+](C)c2cccc(N)c12. The first-order chi connectivity index (χ1) is 10.6. The Morgan fingerprint density at radius 2 is 1.64 bits per heavy atom. The Morgan fingerprint density at radius 1 is 0.909 bits per heavy atom. The van der Waals surface area contributed by atoms with E-state index in [9.17, 15) is 0 Å². The summed E-state index contributed by atoms with van der Waals surface area (Å²) < 4.78 is 2.21. The third-order valence-electron chi connectivity index (χ3n) is 4.35. The number of nitrogen functional groups attached to an aromatic ring is 1. The number of anilines is 1. The predicted molar refractivity (Wildman–Crippen MR) is 94.4 cm³/mol. The first-order valence-electron chi connectivity index (χ1n) is 7.50. The quantitative estimate of drug-likeness (QED) is 0.560.